The van der Waals surface area contributed by atoms with Crippen LogP contribution in [0, 0.1) is 23.0 Å². The highest BCUT2D eigenvalue weighted by atomic mass is 16.6. The fourth-order valence-corrected chi connectivity index (χ4v) is 2.85. The van der Waals surface area contributed by atoms with Crippen molar-refractivity contribution in [3.05, 3.63) is 22.1 Å². The minimum atomic E-state index is -1.25. The van der Waals surface area contributed by atoms with Gasteiger partial charge in [0.2, 0.25) is 11.7 Å². The van der Waals surface area contributed by atoms with E-state index in [1.54, 1.807) is 6.92 Å². The van der Waals surface area contributed by atoms with Gasteiger partial charge in [-0.05, 0) is 41.5 Å². The lowest BCUT2D eigenvalue weighted by atomic mass is 9.77. The first-order valence-electron chi connectivity index (χ1n) is 7.46. The van der Waals surface area contributed by atoms with Crippen molar-refractivity contribution in [1.29, 1.82) is 0 Å². The SMILES string of the molecule is Cc1nc([N+](=O)[O-])cn1CC(=O)NC1(C(=O)O)CCC(C)CC1. The number of nitro groups is 1. The third-order valence-corrected chi connectivity index (χ3v) is 4.38. The van der Waals surface area contributed by atoms with E-state index >= 15 is 0 Å². The van der Waals surface area contributed by atoms with E-state index in [0.29, 0.717) is 24.6 Å². The molecule has 0 saturated heterocycles. The molecule has 0 aromatic carbocycles. The van der Waals surface area contributed by atoms with Crippen LogP contribution in [0.5, 0.6) is 0 Å². The van der Waals surface area contributed by atoms with Crippen LogP contribution in [0.4, 0.5) is 5.82 Å². The van der Waals surface area contributed by atoms with Crippen molar-refractivity contribution in [3.8, 4) is 0 Å². The van der Waals surface area contributed by atoms with Crippen LogP contribution in [0.3, 0.4) is 0 Å². The molecule has 126 valence electrons. The van der Waals surface area contributed by atoms with E-state index in [-0.39, 0.29) is 12.4 Å². The Balaban J connectivity index is 2.08. The van der Waals surface area contributed by atoms with Crippen molar-refractivity contribution >= 4 is 17.7 Å². The molecule has 1 aliphatic rings. The first-order chi connectivity index (χ1) is 10.7. The van der Waals surface area contributed by atoms with Crippen molar-refractivity contribution < 1.29 is 19.6 Å². The van der Waals surface area contributed by atoms with Crippen LogP contribution in [0.1, 0.15) is 38.4 Å². The van der Waals surface area contributed by atoms with Gasteiger partial charge in [-0.3, -0.25) is 9.36 Å². The minimum Gasteiger partial charge on any atom is -0.480 e. The summed E-state index contributed by atoms with van der Waals surface area (Å²) in [6.45, 7) is 3.41. The van der Waals surface area contributed by atoms with Crippen molar-refractivity contribution in [1.82, 2.24) is 14.9 Å². The standard InChI is InChI=1S/C14H20N4O5/c1-9-3-5-14(6-4-9,13(20)21)16-12(19)8-17-7-11(18(22)23)15-10(17)2/h7,9H,3-6,8H2,1-2H3,(H,16,19)(H,20,21). The van der Waals surface area contributed by atoms with Crippen LogP contribution in [0.2, 0.25) is 0 Å². The first kappa shape index (κ1) is 16.9. The molecule has 1 aliphatic carbocycles. The summed E-state index contributed by atoms with van der Waals surface area (Å²) >= 11 is 0. The lowest BCUT2D eigenvalue weighted by molar-refractivity contribution is -0.389. The average molecular weight is 324 g/mol. The summed E-state index contributed by atoms with van der Waals surface area (Å²) in [4.78, 5) is 37.6. The second-order valence-corrected chi connectivity index (χ2v) is 6.15. The molecule has 0 spiro atoms. The van der Waals surface area contributed by atoms with Crippen LogP contribution in [-0.2, 0) is 16.1 Å². The molecule has 2 rings (SSSR count). The summed E-state index contributed by atoms with van der Waals surface area (Å²) in [6.07, 6.45) is 3.42. The number of hydrogen-bond acceptors (Lipinski definition) is 5. The van der Waals surface area contributed by atoms with Gasteiger partial charge in [0.15, 0.2) is 0 Å². The summed E-state index contributed by atoms with van der Waals surface area (Å²) in [7, 11) is 0. The maximum Gasteiger partial charge on any atom is 0.381 e. The van der Waals surface area contributed by atoms with E-state index in [9.17, 15) is 24.8 Å². The number of carboxylic acid groups (broad SMARTS) is 1. The maximum atomic E-state index is 12.2. The number of imidazole rings is 1. The number of hydrogen-bond donors (Lipinski definition) is 2. The molecule has 1 aromatic rings. The highest BCUT2D eigenvalue weighted by Gasteiger charge is 2.42. The largest absolute Gasteiger partial charge is 0.480 e. The predicted molar refractivity (Wildman–Crippen MR) is 79.8 cm³/mol. The molecular weight excluding hydrogens is 304 g/mol. The van der Waals surface area contributed by atoms with E-state index in [1.165, 1.54) is 10.8 Å². The Kier molecular flexibility index (Phi) is 4.67. The number of carbonyl (C=O) groups is 2. The van der Waals surface area contributed by atoms with Gasteiger partial charge >= 0.3 is 11.8 Å². The predicted octanol–water partition coefficient (Wildman–Crippen LogP) is 1.25. The van der Waals surface area contributed by atoms with Gasteiger partial charge in [0.25, 0.3) is 0 Å². The lowest BCUT2D eigenvalue weighted by Gasteiger charge is -2.36. The van der Waals surface area contributed by atoms with Gasteiger partial charge in [0.1, 0.15) is 18.3 Å². The molecule has 0 bridgehead atoms. The zero-order valence-corrected chi connectivity index (χ0v) is 13.1. The van der Waals surface area contributed by atoms with E-state index in [1.807, 2.05) is 0 Å². The van der Waals surface area contributed by atoms with Gasteiger partial charge in [-0.15, -0.1) is 0 Å². The van der Waals surface area contributed by atoms with Crippen molar-refractivity contribution in [2.45, 2.75) is 51.6 Å². The molecule has 1 saturated carbocycles. The van der Waals surface area contributed by atoms with Crippen LogP contribution in [-0.4, -0.2) is 37.0 Å². The molecule has 1 aromatic heterocycles. The molecule has 9 heteroatoms. The highest BCUT2D eigenvalue weighted by molar-refractivity contribution is 5.87. The number of aromatic nitrogens is 2. The first-order valence-corrected chi connectivity index (χ1v) is 7.46. The van der Waals surface area contributed by atoms with Gasteiger partial charge in [0, 0.05) is 6.92 Å². The van der Waals surface area contributed by atoms with Gasteiger partial charge in [-0.1, -0.05) is 6.92 Å². The number of carbonyl (C=O) groups excluding carboxylic acids is 1. The van der Waals surface area contributed by atoms with Crippen molar-refractivity contribution in [2.75, 3.05) is 0 Å². The Bertz CT molecular complexity index is 631. The van der Waals surface area contributed by atoms with Crippen LogP contribution in [0.15, 0.2) is 6.20 Å². The summed E-state index contributed by atoms with van der Waals surface area (Å²) in [6, 6.07) is 0. The monoisotopic (exact) mass is 324 g/mol. The van der Waals surface area contributed by atoms with Crippen molar-refractivity contribution in [2.24, 2.45) is 5.92 Å². The average Bonchev–Trinajstić information content (AvgIpc) is 2.83. The van der Waals surface area contributed by atoms with E-state index in [4.69, 9.17) is 0 Å². The fourth-order valence-electron chi connectivity index (χ4n) is 2.85. The molecule has 2 N–H and O–H groups in total. The lowest BCUT2D eigenvalue weighted by Crippen LogP contribution is -2.56. The molecule has 1 fully saturated rings. The molecule has 0 aliphatic heterocycles. The molecule has 0 radical (unpaired) electrons. The summed E-state index contributed by atoms with van der Waals surface area (Å²) in [5, 5.41) is 22.8. The Labute approximate surface area is 132 Å². The number of nitrogens with one attached hydrogen (secondary N) is 1. The molecule has 1 heterocycles. The third kappa shape index (κ3) is 3.66. The molecule has 9 nitrogen and oxygen atoms in total. The molecule has 1 amide bonds. The zero-order valence-electron chi connectivity index (χ0n) is 13.1. The number of rotatable bonds is 5. The van der Waals surface area contributed by atoms with Crippen LogP contribution >= 0.6 is 0 Å². The van der Waals surface area contributed by atoms with Crippen molar-refractivity contribution in [3.63, 3.8) is 0 Å². The molecule has 0 atom stereocenters. The Hall–Kier alpha value is -2.45. The quantitative estimate of drug-likeness (QED) is 0.620. The van der Waals surface area contributed by atoms with Gasteiger partial charge in [-0.25, -0.2) is 4.79 Å². The topological polar surface area (TPSA) is 127 Å². The Morgan fingerprint density at radius 1 is 1.52 bits per heavy atom. The zero-order chi connectivity index (χ0) is 17.2. The number of aliphatic carboxylic acids is 1. The summed E-state index contributed by atoms with van der Waals surface area (Å²) in [5.41, 5.74) is -1.25. The Morgan fingerprint density at radius 2 is 2.13 bits per heavy atom. The van der Waals surface area contributed by atoms with Gasteiger partial charge in [0.05, 0.1) is 0 Å². The minimum absolute atomic E-state index is 0.197. The number of aryl methyl sites for hydroxylation is 1. The van der Waals surface area contributed by atoms with Gasteiger partial charge < -0.3 is 20.5 Å². The van der Waals surface area contributed by atoms with Crippen LogP contribution in [0.25, 0.3) is 0 Å². The normalized spacial score (nSPS) is 24.2. The number of amides is 1. The molecule has 0 unspecified atom stereocenters. The molecule has 23 heavy (non-hydrogen) atoms. The van der Waals surface area contributed by atoms with E-state index in [0.717, 1.165) is 12.8 Å². The highest BCUT2D eigenvalue weighted by Crippen LogP contribution is 2.32. The summed E-state index contributed by atoms with van der Waals surface area (Å²) in [5.74, 6) is -1.09. The van der Waals surface area contributed by atoms with Gasteiger partial charge in [-0.2, -0.15) is 0 Å². The fraction of sp³-hybridized carbons (Fsp3) is 0.643. The summed E-state index contributed by atoms with van der Waals surface area (Å²) < 4.78 is 1.34. The Morgan fingerprint density at radius 3 is 2.61 bits per heavy atom. The number of carboxylic acids is 1. The van der Waals surface area contributed by atoms with E-state index in [2.05, 4.69) is 17.2 Å². The smallest absolute Gasteiger partial charge is 0.381 e. The molecular formula is C14H20N4O5. The second kappa shape index (κ2) is 6.35. The van der Waals surface area contributed by atoms with Crippen LogP contribution < -0.4 is 5.32 Å². The number of nitrogens with zero attached hydrogens (tertiary/aromatic N) is 3. The second-order valence-electron chi connectivity index (χ2n) is 6.15. The van der Waals surface area contributed by atoms with E-state index < -0.39 is 22.3 Å². The third-order valence-electron chi connectivity index (χ3n) is 4.38. The maximum absolute atomic E-state index is 12.2.